The van der Waals surface area contributed by atoms with Crippen LogP contribution >= 0.6 is 0 Å². The van der Waals surface area contributed by atoms with Crippen LogP contribution in [0.3, 0.4) is 0 Å². The van der Waals surface area contributed by atoms with Crippen molar-refractivity contribution in [2.75, 3.05) is 19.7 Å². The van der Waals surface area contributed by atoms with Crippen LogP contribution in [-0.4, -0.2) is 47.8 Å². The van der Waals surface area contributed by atoms with Crippen LogP contribution in [0.5, 0.6) is 0 Å². The number of ether oxygens (including phenoxy) is 1. The zero-order chi connectivity index (χ0) is 11.3. The summed E-state index contributed by atoms with van der Waals surface area (Å²) in [5, 5.41) is 9.24. The summed E-state index contributed by atoms with van der Waals surface area (Å²) in [6, 6.07) is -0.472. The Kier molecular flexibility index (Phi) is 5.05. The SMILES string of the molecule is CCN(CC)C(C(=O)O)C1CCCCO1. The molecule has 0 aromatic heterocycles. The second kappa shape index (κ2) is 6.08. The fourth-order valence-electron chi connectivity index (χ4n) is 2.18. The first-order chi connectivity index (χ1) is 7.20. The van der Waals surface area contributed by atoms with Crippen LogP contribution < -0.4 is 0 Å². The van der Waals surface area contributed by atoms with Gasteiger partial charge in [0.25, 0.3) is 0 Å². The summed E-state index contributed by atoms with van der Waals surface area (Å²) in [5.74, 6) is -0.759. The van der Waals surface area contributed by atoms with Gasteiger partial charge < -0.3 is 9.84 Å². The Hall–Kier alpha value is -0.610. The zero-order valence-corrected chi connectivity index (χ0v) is 9.61. The predicted octanol–water partition coefficient (Wildman–Crippen LogP) is 1.35. The van der Waals surface area contributed by atoms with Gasteiger partial charge in [0.1, 0.15) is 6.04 Å². The highest BCUT2D eigenvalue weighted by atomic mass is 16.5. The topological polar surface area (TPSA) is 49.8 Å². The van der Waals surface area contributed by atoms with Crippen LogP contribution in [0.1, 0.15) is 33.1 Å². The van der Waals surface area contributed by atoms with Gasteiger partial charge in [0.2, 0.25) is 0 Å². The summed E-state index contributed by atoms with van der Waals surface area (Å²) in [5.41, 5.74) is 0. The lowest BCUT2D eigenvalue weighted by atomic mass is 10.0. The summed E-state index contributed by atoms with van der Waals surface area (Å²) in [6.07, 6.45) is 2.88. The molecule has 1 saturated heterocycles. The third-order valence-electron chi connectivity index (χ3n) is 3.03. The number of carbonyl (C=O) groups is 1. The summed E-state index contributed by atoms with van der Waals surface area (Å²) >= 11 is 0. The van der Waals surface area contributed by atoms with E-state index in [9.17, 15) is 9.90 Å². The summed E-state index contributed by atoms with van der Waals surface area (Å²) in [7, 11) is 0. The molecule has 1 fully saturated rings. The van der Waals surface area contributed by atoms with Crippen molar-refractivity contribution in [1.29, 1.82) is 0 Å². The van der Waals surface area contributed by atoms with E-state index in [1.54, 1.807) is 0 Å². The average Bonchev–Trinajstić information content (AvgIpc) is 2.26. The minimum Gasteiger partial charge on any atom is -0.480 e. The van der Waals surface area contributed by atoms with Crippen molar-refractivity contribution in [3.63, 3.8) is 0 Å². The predicted molar refractivity (Wildman–Crippen MR) is 57.9 cm³/mol. The standard InChI is InChI=1S/C11H21NO3/c1-3-12(4-2)10(11(13)14)9-7-5-6-8-15-9/h9-10H,3-8H2,1-2H3,(H,13,14). The Balaban J connectivity index is 2.66. The van der Waals surface area contributed by atoms with Crippen molar-refractivity contribution in [3.8, 4) is 0 Å². The maximum Gasteiger partial charge on any atom is 0.323 e. The molecule has 4 nitrogen and oxygen atoms in total. The lowest BCUT2D eigenvalue weighted by Crippen LogP contribution is -2.50. The van der Waals surface area contributed by atoms with E-state index in [-0.39, 0.29) is 6.10 Å². The summed E-state index contributed by atoms with van der Waals surface area (Å²) < 4.78 is 5.56. The number of hydrogen-bond donors (Lipinski definition) is 1. The Labute approximate surface area is 91.2 Å². The fourth-order valence-corrected chi connectivity index (χ4v) is 2.18. The van der Waals surface area contributed by atoms with Gasteiger partial charge in [-0.3, -0.25) is 9.69 Å². The molecule has 0 aromatic rings. The molecule has 0 saturated carbocycles. The Morgan fingerprint density at radius 2 is 2.13 bits per heavy atom. The van der Waals surface area contributed by atoms with Gasteiger partial charge in [-0.2, -0.15) is 0 Å². The van der Waals surface area contributed by atoms with Crippen LogP contribution in [-0.2, 0) is 9.53 Å². The Morgan fingerprint density at radius 3 is 2.53 bits per heavy atom. The lowest BCUT2D eigenvalue weighted by molar-refractivity contribution is -0.151. The quantitative estimate of drug-likeness (QED) is 0.752. The van der Waals surface area contributed by atoms with Crippen molar-refractivity contribution in [2.24, 2.45) is 0 Å². The van der Waals surface area contributed by atoms with Crippen LogP contribution in [0.15, 0.2) is 0 Å². The molecule has 2 atom stereocenters. The minimum atomic E-state index is -0.759. The van der Waals surface area contributed by atoms with Crippen LogP contribution in [0, 0.1) is 0 Å². The van der Waals surface area contributed by atoms with Gasteiger partial charge in [-0.05, 0) is 32.4 Å². The first-order valence-electron chi connectivity index (χ1n) is 5.79. The normalized spacial score (nSPS) is 24.1. The second-order valence-electron chi connectivity index (χ2n) is 3.91. The molecule has 0 amide bonds. The maximum absolute atomic E-state index is 11.2. The van der Waals surface area contributed by atoms with E-state index in [1.807, 2.05) is 18.7 Å². The largest absolute Gasteiger partial charge is 0.480 e. The van der Waals surface area contributed by atoms with Crippen molar-refractivity contribution >= 4 is 5.97 Å². The van der Waals surface area contributed by atoms with Crippen molar-refractivity contribution in [2.45, 2.75) is 45.3 Å². The molecule has 1 aliphatic heterocycles. The number of nitrogens with zero attached hydrogens (tertiary/aromatic N) is 1. The molecule has 0 bridgehead atoms. The van der Waals surface area contributed by atoms with Crippen molar-refractivity contribution in [1.82, 2.24) is 4.90 Å². The van der Waals surface area contributed by atoms with Gasteiger partial charge in [-0.15, -0.1) is 0 Å². The fraction of sp³-hybridized carbons (Fsp3) is 0.909. The van der Waals surface area contributed by atoms with Crippen molar-refractivity contribution in [3.05, 3.63) is 0 Å². The molecule has 0 radical (unpaired) electrons. The van der Waals surface area contributed by atoms with Crippen LogP contribution in [0.25, 0.3) is 0 Å². The molecule has 1 heterocycles. The number of carboxylic acid groups (broad SMARTS) is 1. The lowest BCUT2D eigenvalue weighted by Gasteiger charge is -2.34. The van der Waals surface area contributed by atoms with Gasteiger partial charge in [0, 0.05) is 6.61 Å². The number of aliphatic carboxylic acids is 1. The molecule has 1 N–H and O–H groups in total. The first kappa shape index (κ1) is 12.5. The highest BCUT2D eigenvalue weighted by Gasteiger charge is 2.33. The summed E-state index contributed by atoms with van der Waals surface area (Å²) in [6.45, 7) is 6.20. The molecule has 4 heteroatoms. The van der Waals surface area contributed by atoms with E-state index in [0.29, 0.717) is 6.61 Å². The second-order valence-corrected chi connectivity index (χ2v) is 3.91. The van der Waals surface area contributed by atoms with E-state index < -0.39 is 12.0 Å². The van der Waals surface area contributed by atoms with Crippen LogP contribution in [0.2, 0.25) is 0 Å². The number of carboxylic acids is 1. The Morgan fingerprint density at radius 1 is 1.47 bits per heavy atom. The molecule has 2 unspecified atom stereocenters. The molecular weight excluding hydrogens is 194 g/mol. The number of rotatable bonds is 5. The van der Waals surface area contributed by atoms with E-state index in [1.165, 1.54) is 0 Å². The monoisotopic (exact) mass is 215 g/mol. The van der Waals surface area contributed by atoms with Crippen LogP contribution in [0.4, 0.5) is 0 Å². The van der Waals surface area contributed by atoms with E-state index in [4.69, 9.17) is 4.74 Å². The first-order valence-corrected chi connectivity index (χ1v) is 5.79. The molecular formula is C11H21NO3. The van der Waals surface area contributed by atoms with Gasteiger partial charge in [-0.25, -0.2) is 0 Å². The van der Waals surface area contributed by atoms with Gasteiger partial charge in [0.15, 0.2) is 0 Å². The number of likely N-dealkylation sites (N-methyl/N-ethyl adjacent to an activating group) is 1. The average molecular weight is 215 g/mol. The third kappa shape index (κ3) is 3.18. The molecule has 0 aliphatic carbocycles. The van der Waals surface area contributed by atoms with E-state index in [2.05, 4.69) is 0 Å². The molecule has 1 rings (SSSR count). The molecule has 15 heavy (non-hydrogen) atoms. The number of hydrogen-bond acceptors (Lipinski definition) is 3. The molecule has 0 spiro atoms. The van der Waals surface area contributed by atoms with E-state index >= 15 is 0 Å². The summed E-state index contributed by atoms with van der Waals surface area (Å²) in [4.78, 5) is 13.2. The van der Waals surface area contributed by atoms with Gasteiger partial charge in [-0.1, -0.05) is 13.8 Å². The van der Waals surface area contributed by atoms with Gasteiger partial charge in [0.05, 0.1) is 6.10 Å². The highest BCUT2D eigenvalue weighted by Crippen LogP contribution is 2.19. The van der Waals surface area contributed by atoms with Crippen molar-refractivity contribution < 1.29 is 14.6 Å². The Bertz CT molecular complexity index is 198. The zero-order valence-electron chi connectivity index (χ0n) is 9.61. The minimum absolute atomic E-state index is 0.129. The molecule has 1 aliphatic rings. The molecule has 0 aromatic carbocycles. The van der Waals surface area contributed by atoms with Gasteiger partial charge >= 0.3 is 5.97 Å². The highest BCUT2D eigenvalue weighted by molar-refractivity contribution is 5.74. The third-order valence-corrected chi connectivity index (χ3v) is 3.03. The maximum atomic E-state index is 11.2. The molecule has 88 valence electrons. The smallest absolute Gasteiger partial charge is 0.323 e. The van der Waals surface area contributed by atoms with E-state index in [0.717, 1.165) is 32.4 Å².